The zero-order valence-electron chi connectivity index (χ0n) is 12.5. The highest BCUT2D eigenvalue weighted by atomic mass is 16.5. The van der Waals surface area contributed by atoms with Crippen molar-refractivity contribution in [3.05, 3.63) is 42.5 Å². The quantitative estimate of drug-likeness (QED) is 0.911. The van der Waals surface area contributed by atoms with Gasteiger partial charge in [-0.25, -0.2) is 4.98 Å². The minimum atomic E-state index is 0.556. The summed E-state index contributed by atoms with van der Waals surface area (Å²) in [5.41, 5.74) is 2.37. The highest BCUT2D eigenvalue weighted by Gasteiger charge is 2.10. The van der Waals surface area contributed by atoms with Crippen LogP contribution in [-0.2, 0) is 13.2 Å². The molecule has 2 aromatic rings. The van der Waals surface area contributed by atoms with Crippen LogP contribution in [0.25, 0.3) is 0 Å². The Morgan fingerprint density at radius 2 is 1.95 bits per heavy atom. The van der Waals surface area contributed by atoms with E-state index >= 15 is 0 Å². The second kappa shape index (κ2) is 6.63. The van der Waals surface area contributed by atoms with E-state index in [9.17, 15) is 0 Å². The predicted octanol–water partition coefficient (Wildman–Crippen LogP) is 1.89. The normalized spacial score (nSPS) is 15.2. The maximum Gasteiger partial charge on any atom is 0.130 e. The summed E-state index contributed by atoms with van der Waals surface area (Å²) >= 11 is 0. The molecule has 1 aliphatic rings. The second-order valence-corrected chi connectivity index (χ2v) is 5.19. The number of nitrogens with zero attached hydrogens (tertiary/aromatic N) is 3. The lowest BCUT2D eigenvalue weighted by Gasteiger charge is -2.29. The first-order valence-electron chi connectivity index (χ1n) is 7.54. The van der Waals surface area contributed by atoms with Crippen LogP contribution in [0.15, 0.2) is 36.8 Å². The summed E-state index contributed by atoms with van der Waals surface area (Å²) < 4.78 is 7.94. The Bertz CT molecular complexity index is 558. The molecule has 0 amide bonds. The molecule has 0 atom stereocenters. The number of aromatic nitrogens is 2. The summed E-state index contributed by atoms with van der Waals surface area (Å²) in [5, 5.41) is 3.37. The van der Waals surface area contributed by atoms with E-state index in [-0.39, 0.29) is 0 Å². The van der Waals surface area contributed by atoms with Crippen LogP contribution < -0.4 is 15.0 Å². The largest absolute Gasteiger partial charge is 0.487 e. The fourth-order valence-corrected chi connectivity index (χ4v) is 2.59. The zero-order chi connectivity index (χ0) is 14.5. The van der Waals surface area contributed by atoms with Crippen molar-refractivity contribution in [3.63, 3.8) is 0 Å². The molecule has 1 N–H and O–H groups in total. The Morgan fingerprint density at radius 1 is 1.19 bits per heavy atom. The first-order chi connectivity index (χ1) is 10.4. The molecule has 0 spiro atoms. The van der Waals surface area contributed by atoms with E-state index in [4.69, 9.17) is 4.74 Å². The van der Waals surface area contributed by atoms with Crippen molar-refractivity contribution in [1.29, 1.82) is 0 Å². The second-order valence-electron chi connectivity index (χ2n) is 5.19. The van der Waals surface area contributed by atoms with Crippen molar-refractivity contribution in [2.24, 2.45) is 0 Å². The van der Waals surface area contributed by atoms with Crippen molar-refractivity contribution < 1.29 is 4.74 Å². The summed E-state index contributed by atoms with van der Waals surface area (Å²) in [6, 6.07) is 8.36. The number of aryl methyl sites for hydroxylation is 1. The van der Waals surface area contributed by atoms with Gasteiger partial charge in [0.1, 0.15) is 12.4 Å². The Kier molecular flexibility index (Phi) is 4.40. The van der Waals surface area contributed by atoms with Crippen molar-refractivity contribution in [1.82, 2.24) is 14.9 Å². The highest BCUT2D eigenvalue weighted by molar-refractivity contribution is 5.49. The number of nitrogens with one attached hydrogen (secondary N) is 1. The molecule has 5 nitrogen and oxygen atoms in total. The molecule has 1 fully saturated rings. The number of rotatable bonds is 5. The van der Waals surface area contributed by atoms with Crippen LogP contribution in [0.5, 0.6) is 5.75 Å². The van der Waals surface area contributed by atoms with Crippen LogP contribution in [0.1, 0.15) is 12.6 Å². The fourth-order valence-electron chi connectivity index (χ4n) is 2.59. The van der Waals surface area contributed by atoms with E-state index < -0.39 is 0 Å². The minimum Gasteiger partial charge on any atom is -0.487 e. The van der Waals surface area contributed by atoms with E-state index in [2.05, 4.69) is 38.8 Å². The number of benzene rings is 1. The summed E-state index contributed by atoms with van der Waals surface area (Å²) in [7, 11) is 0. The molecule has 0 unspecified atom stereocenters. The number of hydrogen-bond donors (Lipinski definition) is 1. The number of hydrogen-bond acceptors (Lipinski definition) is 4. The molecule has 1 aromatic heterocycles. The van der Waals surface area contributed by atoms with Crippen LogP contribution in [0, 0.1) is 0 Å². The van der Waals surface area contributed by atoms with E-state index in [1.54, 1.807) is 0 Å². The standard InChI is InChI=1S/C16H22N4O/c1-2-19-13-18-11-15(19)12-21-16-5-3-14(4-6-16)20-9-7-17-8-10-20/h3-6,11,13,17H,2,7-10,12H2,1H3. The van der Waals surface area contributed by atoms with Crippen molar-refractivity contribution in [3.8, 4) is 5.75 Å². The first-order valence-corrected chi connectivity index (χ1v) is 7.54. The van der Waals surface area contributed by atoms with Gasteiger partial charge >= 0.3 is 0 Å². The third-order valence-corrected chi connectivity index (χ3v) is 3.84. The van der Waals surface area contributed by atoms with Crippen LogP contribution >= 0.6 is 0 Å². The topological polar surface area (TPSA) is 42.3 Å². The molecule has 0 radical (unpaired) electrons. The summed E-state index contributed by atoms with van der Waals surface area (Å²) in [4.78, 5) is 6.55. The predicted molar refractivity (Wildman–Crippen MR) is 83.8 cm³/mol. The molecular formula is C16H22N4O. The highest BCUT2D eigenvalue weighted by Crippen LogP contribution is 2.20. The molecule has 1 saturated heterocycles. The Balaban J connectivity index is 1.59. The minimum absolute atomic E-state index is 0.556. The average Bonchev–Trinajstić information content (AvgIpc) is 3.02. The van der Waals surface area contributed by atoms with Gasteiger partial charge in [-0.1, -0.05) is 0 Å². The SMILES string of the molecule is CCn1cncc1COc1ccc(N2CCNCC2)cc1. The number of piperazine rings is 1. The van der Waals surface area contributed by atoms with Crippen molar-refractivity contribution in [2.45, 2.75) is 20.1 Å². The average molecular weight is 286 g/mol. The van der Waals surface area contributed by atoms with Crippen molar-refractivity contribution in [2.75, 3.05) is 31.1 Å². The molecule has 3 rings (SSSR count). The molecule has 1 aliphatic heterocycles. The molecular weight excluding hydrogens is 264 g/mol. The van der Waals surface area contributed by atoms with Crippen LogP contribution in [0.2, 0.25) is 0 Å². The Morgan fingerprint density at radius 3 is 2.67 bits per heavy atom. The van der Waals surface area contributed by atoms with Gasteiger partial charge in [0.05, 0.1) is 18.2 Å². The van der Waals surface area contributed by atoms with E-state index in [0.29, 0.717) is 6.61 Å². The lowest BCUT2D eigenvalue weighted by molar-refractivity contribution is 0.295. The summed E-state index contributed by atoms with van der Waals surface area (Å²) in [6.07, 6.45) is 3.70. The lowest BCUT2D eigenvalue weighted by atomic mass is 10.2. The van der Waals surface area contributed by atoms with Gasteiger partial charge in [-0.2, -0.15) is 0 Å². The van der Waals surface area contributed by atoms with Gasteiger partial charge < -0.3 is 19.5 Å². The van der Waals surface area contributed by atoms with Gasteiger partial charge in [-0.05, 0) is 31.2 Å². The zero-order valence-corrected chi connectivity index (χ0v) is 12.5. The maximum atomic E-state index is 5.84. The van der Waals surface area contributed by atoms with Gasteiger partial charge in [0.25, 0.3) is 0 Å². The van der Waals surface area contributed by atoms with E-state index in [1.165, 1.54) is 5.69 Å². The first kappa shape index (κ1) is 13.9. The van der Waals surface area contributed by atoms with Gasteiger partial charge in [0.15, 0.2) is 0 Å². The van der Waals surface area contributed by atoms with E-state index in [1.807, 2.05) is 24.7 Å². The fraction of sp³-hybridized carbons (Fsp3) is 0.438. The Labute approximate surface area is 125 Å². The smallest absolute Gasteiger partial charge is 0.130 e. The molecule has 0 saturated carbocycles. The molecule has 1 aromatic carbocycles. The molecule has 0 aliphatic carbocycles. The van der Waals surface area contributed by atoms with Gasteiger partial charge in [0, 0.05) is 38.4 Å². The monoisotopic (exact) mass is 286 g/mol. The van der Waals surface area contributed by atoms with Crippen LogP contribution in [0.3, 0.4) is 0 Å². The molecule has 0 bridgehead atoms. The number of imidazole rings is 1. The third-order valence-electron chi connectivity index (χ3n) is 3.84. The number of anilines is 1. The molecule has 2 heterocycles. The van der Waals surface area contributed by atoms with Gasteiger partial charge in [-0.15, -0.1) is 0 Å². The van der Waals surface area contributed by atoms with Crippen molar-refractivity contribution >= 4 is 5.69 Å². The third kappa shape index (κ3) is 3.36. The molecule has 112 valence electrons. The maximum absolute atomic E-state index is 5.84. The summed E-state index contributed by atoms with van der Waals surface area (Å²) in [6.45, 7) is 7.82. The van der Waals surface area contributed by atoms with E-state index in [0.717, 1.165) is 44.2 Å². The Hall–Kier alpha value is -2.01. The van der Waals surface area contributed by atoms with Gasteiger partial charge in [0.2, 0.25) is 0 Å². The van der Waals surface area contributed by atoms with Gasteiger partial charge in [-0.3, -0.25) is 0 Å². The number of ether oxygens (including phenoxy) is 1. The molecule has 21 heavy (non-hydrogen) atoms. The molecule has 5 heteroatoms. The van der Waals surface area contributed by atoms with Crippen LogP contribution in [-0.4, -0.2) is 35.7 Å². The summed E-state index contributed by atoms with van der Waals surface area (Å²) in [5.74, 6) is 0.901. The van der Waals surface area contributed by atoms with Crippen LogP contribution in [0.4, 0.5) is 5.69 Å². The lowest BCUT2D eigenvalue weighted by Crippen LogP contribution is -2.43.